The molecule has 0 radical (unpaired) electrons. The molecule has 2 amide bonds. The molecule has 5 heteroatoms. The molecule has 2 aromatic carbocycles. The maximum Gasteiger partial charge on any atom is 0.253 e. The van der Waals surface area contributed by atoms with Crippen molar-refractivity contribution in [1.82, 2.24) is 4.90 Å². The summed E-state index contributed by atoms with van der Waals surface area (Å²) in [5, 5.41) is 6.12. The van der Waals surface area contributed by atoms with Crippen LogP contribution in [0.5, 0.6) is 0 Å². The van der Waals surface area contributed by atoms with Crippen LogP contribution in [0.15, 0.2) is 42.5 Å². The zero-order valence-corrected chi connectivity index (χ0v) is 16.0. The van der Waals surface area contributed by atoms with Crippen LogP contribution in [0, 0.1) is 6.92 Å². The predicted molar refractivity (Wildman–Crippen MR) is 109 cm³/mol. The second-order valence-corrected chi connectivity index (χ2v) is 6.94. The number of rotatable bonds is 6. The fourth-order valence-corrected chi connectivity index (χ4v) is 3.40. The Morgan fingerprint density at radius 2 is 1.74 bits per heavy atom. The van der Waals surface area contributed by atoms with Crippen molar-refractivity contribution < 1.29 is 9.59 Å². The predicted octanol–water partition coefficient (Wildman–Crippen LogP) is 3.84. The highest BCUT2D eigenvalue weighted by atomic mass is 16.2. The van der Waals surface area contributed by atoms with Crippen LogP contribution in [0.1, 0.15) is 41.3 Å². The van der Waals surface area contributed by atoms with Gasteiger partial charge in [-0.3, -0.25) is 9.59 Å². The molecule has 0 saturated carbocycles. The number of amides is 2. The molecule has 0 unspecified atom stereocenters. The van der Waals surface area contributed by atoms with E-state index in [0.717, 1.165) is 54.9 Å². The molecule has 2 aromatic rings. The molecule has 1 fully saturated rings. The molecular weight excluding hydrogens is 338 g/mol. The molecular formula is C22H27N3O2. The molecule has 0 aromatic heterocycles. The number of carbonyl (C=O) groups is 2. The number of para-hydroxylation sites is 1. The zero-order chi connectivity index (χ0) is 19.2. The molecule has 27 heavy (non-hydrogen) atoms. The van der Waals surface area contributed by atoms with Crippen molar-refractivity contribution in [3.63, 3.8) is 0 Å². The topological polar surface area (TPSA) is 61.4 Å². The van der Waals surface area contributed by atoms with Gasteiger partial charge in [0.15, 0.2) is 0 Å². The Labute approximate surface area is 160 Å². The number of nitrogens with one attached hydrogen (secondary N) is 2. The van der Waals surface area contributed by atoms with E-state index >= 15 is 0 Å². The Kier molecular flexibility index (Phi) is 6.12. The number of benzene rings is 2. The monoisotopic (exact) mass is 365 g/mol. The first-order valence-corrected chi connectivity index (χ1v) is 9.60. The lowest BCUT2D eigenvalue weighted by Crippen LogP contribution is -2.27. The van der Waals surface area contributed by atoms with Gasteiger partial charge in [-0.2, -0.15) is 0 Å². The van der Waals surface area contributed by atoms with Gasteiger partial charge in [0, 0.05) is 30.0 Å². The minimum absolute atomic E-state index is 0.0865. The van der Waals surface area contributed by atoms with Crippen LogP contribution in [-0.4, -0.2) is 36.3 Å². The molecule has 142 valence electrons. The van der Waals surface area contributed by atoms with Crippen LogP contribution >= 0.6 is 0 Å². The highest BCUT2D eigenvalue weighted by molar-refractivity contribution is 5.96. The second-order valence-electron chi connectivity index (χ2n) is 6.94. The molecule has 0 bridgehead atoms. The standard InChI is InChI=1S/C22H27N3O2/c1-3-17-8-6-7-16(2)21(17)24-20(26)15-23-19-11-9-18(10-12-19)22(27)25-13-4-5-14-25/h6-12,23H,3-5,13-15H2,1-2H3,(H,24,26). The van der Waals surface area contributed by atoms with E-state index in [1.165, 1.54) is 0 Å². The van der Waals surface area contributed by atoms with Crippen molar-refractivity contribution in [2.75, 3.05) is 30.3 Å². The summed E-state index contributed by atoms with van der Waals surface area (Å²) in [5.74, 6) is -0.000314. The number of hydrogen-bond acceptors (Lipinski definition) is 3. The smallest absolute Gasteiger partial charge is 0.253 e. The summed E-state index contributed by atoms with van der Waals surface area (Å²) in [6.45, 7) is 5.94. The van der Waals surface area contributed by atoms with Crippen LogP contribution < -0.4 is 10.6 Å². The van der Waals surface area contributed by atoms with Crippen LogP contribution in [-0.2, 0) is 11.2 Å². The molecule has 5 nitrogen and oxygen atoms in total. The Bertz CT molecular complexity index is 809. The van der Waals surface area contributed by atoms with Crippen molar-refractivity contribution in [3.05, 3.63) is 59.2 Å². The lowest BCUT2D eigenvalue weighted by atomic mass is 10.1. The summed E-state index contributed by atoms with van der Waals surface area (Å²) in [6.07, 6.45) is 3.04. The van der Waals surface area contributed by atoms with Gasteiger partial charge in [-0.05, 0) is 61.6 Å². The van der Waals surface area contributed by atoms with E-state index in [9.17, 15) is 9.59 Å². The van der Waals surface area contributed by atoms with E-state index in [0.29, 0.717) is 5.56 Å². The van der Waals surface area contributed by atoms with E-state index < -0.39 is 0 Å². The first-order chi connectivity index (χ1) is 13.1. The zero-order valence-electron chi connectivity index (χ0n) is 16.0. The number of aryl methyl sites for hydroxylation is 2. The summed E-state index contributed by atoms with van der Waals surface area (Å²) >= 11 is 0. The highest BCUT2D eigenvalue weighted by Crippen LogP contribution is 2.21. The fourth-order valence-electron chi connectivity index (χ4n) is 3.40. The summed E-state index contributed by atoms with van der Waals surface area (Å²) in [6, 6.07) is 13.4. The van der Waals surface area contributed by atoms with Gasteiger partial charge in [-0.25, -0.2) is 0 Å². The van der Waals surface area contributed by atoms with E-state index in [-0.39, 0.29) is 18.4 Å². The van der Waals surface area contributed by atoms with Crippen molar-refractivity contribution in [2.24, 2.45) is 0 Å². The summed E-state index contributed by atoms with van der Waals surface area (Å²) in [5.41, 5.74) is 4.61. The lowest BCUT2D eigenvalue weighted by molar-refractivity contribution is -0.114. The van der Waals surface area contributed by atoms with Crippen LogP contribution in [0.3, 0.4) is 0 Å². The highest BCUT2D eigenvalue weighted by Gasteiger charge is 2.19. The SMILES string of the molecule is CCc1cccc(C)c1NC(=O)CNc1ccc(C(=O)N2CCCC2)cc1. The van der Waals surface area contributed by atoms with Crippen LogP contribution in [0.2, 0.25) is 0 Å². The van der Waals surface area contributed by atoms with Gasteiger partial charge in [-0.15, -0.1) is 0 Å². The Morgan fingerprint density at radius 1 is 1.04 bits per heavy atom. The third-order valence-corrected chi connectivity index (χ3v) is 4.98. The van der Waals surface area contributed by atoms with Gasteiger partial charge in [0.1, 0.15) is 0 Å². The quantitative estimate of drug-likeness (QED) is 0.817. The second kappa shape index (κ2) is 8.71. The average Bonchev–Trinajstić information content (AvgIpc) is 3.22. The molecule has 1 aliphatic heterocycles. The summed E-state index contributed by atoms with van der Waals surface area (Å²) in [4.78, 5) is 26.6. The molecule has 1 aliphatic rings. The molecule has 1 heterocycles. The number of nitrogens with zero attached hydrogens (tertiary/aromatic N) is 1. The third-order valence-electron chi connectivity index (χ3n) is 4.98. The van der Waals surface area contributed by atoms with Gasteiger partial charge in [0.2, 0.25) is 5.91 Å². The van der Waals surface area contributed by atoms with Crippen molar-refractivity contribution in [1.29, 1.82) is 0 Å². The van der Waals surface area contributed by atoms with Crippen LogP contribution in [0.25, 0.3) is 0 Å². The number of likely N-dealkylation sites (tertiary alicyclic amines) is 1. The minimum Gasteiger partial charge on any atom is -0.376 e. The van der Waals surface area contributed by atoms with E-state index in [1.807, 2.05) is 54.3 Å². The Hall–Kier alpha value is -2.82. The molecule has 0 aliphatic carbocycles. The number of hydrogen-bond donors (Lipinski definition) is 2. The molecule has 1 saturated heterocycles. The summed E-state index contributed by atoms with van der Waals surface area (Å²) < 4.78 is 0. The van der Waals surface area contributed by atoms with E-state index in [2.05, 4.69) is 17.6 Å². The number of anilines is 2. The van der Waals surface area contributed by atoms with Gasteiger partial charge < -0.3 is 15.5 Å². The van der Waals surface area contributed by atoms with E-state index in [1.54, 1.807) is 0 Å². The maximum absolute atomic E-state index is 12.4. The molecule has 0 atom stereocenters. The van der Waals surface area contributed by atoms with Crippen LogP contribution in [0.4, 0.5) is 11.4 Å². The molecule has 3 rings (SSSR count). The first-order valence-electron chi connectivity index (χ1n) is 9.60. The first kappa shape index (κ1) is 19.0. The Morgan fingerprint density at radius 3 is 2.41 bits per heavy atom. The van der Waals surface area contributed by atoms with Gasteiger partial charge >= 0.3 is 0 Å². The summed E-state index contributed by atoms with van der Waals surface area (Å²) in [7, 11) is 0. The van der Waals surface area contributed by atoms with E-state index in [4.69, 9.17) is 0 Å². The van der Waals surface area contributed by atoms with Crippen molar-refractivity contribution in [2.45, 2.75) is 33.1 Å². The van der Waals surface area contributed by atoms with Crippen molar-refractivity contribution >= 4 is 23.2 Å². The normalized spacial score (nSPS) is 13.5. The lowest BCUT2D eigenvalue weighted by Gasteiger charge is -2.16. The number of carbonyl (C=O) groups excluding carboxylic acids is 2. The third kappa shape index (κ3) is 4.67. The van der Waals surface area contributed by atoms with Gasteiger partial charge in [0.05, 0.1) is 6.54 Å². The van der Waals surface area contributed by atoms with Gasteiger partial charge in [0.25, 0.3) is 5.91 Å². The minimum atomic E-state index is -0.0868. The maximum atomic E-state index is 12.4. The molecule has 0 spiro atoms. The Balaban J connectivity index is 1.55. The van der Waals surface area contributed by atoms with Gasteiger partial charge in [-0.1, -0.05) is 25.1 Å². The molecule has 2 N–H and O–H groups in total. The largest absolute Gasteiger partial charge is 0.376 e. The van der Waals surface area contributed by atoms with Crippen molar-refractivity contribution in [3.8, 4) is 0 Å². The average molecular weight is 365 g/mol. The fraction of sp³-hybridized carbons (Fsp3) is 0.364.